The summed E-state index contributed by atoms with van der Waals surface area (Å²) in [5, 5.41) is 5.96. The number of hydrogen-bond donors (Lipinski definition) is 2. The van der Waals surface area contributed by atoms with Crippen LogP contribution in [0.15, 0.2) is 54.6 Å². The summed E-state index contributed by atoms with van der Waals surface area (Å²) in [5.74, 6) is 0.452. The van der Waals surface area contributed by atoms with Gasteiger partial charge in [0.1, 0.15) is 0 Å². The fourth-order valence-corrected chi connectivity index (χ4v) is 3.64. The molecule has 0 bridgehead atoms. The smallest absolute Gasteiger partial charge is 0.321 e. The lowest BCUT2D eigenvalue weighted by molar-refractivity contribution is -0.121. The van der Waals surface area contributed by atoms with Crippen LogP contribution in [0.2, 0.25) is 0 Å². The lowest BCUT2D eigenvalue weighted by atomic mass is 9.93. The monoisotopic (exact) mass is 379 g/mol. The molecule has 1 heterocycles. The van der Waals surface area contributed by atoms with Gasteiger partial charge in [0.2, 0.25) is 5.91 Å². The highest BCUT2D eigenvalue weighted by Crippen LogP contribution is 2.22. The molecular weight excluding hydrogens is 350 g/mol. The molecule has 28 heavy (non-hydrogen) atoms. The zero-order valence-corrected chi connectivity index (χ0v) is 16.5. The Kier molecular flexibility index (Phi) is 7.06. The lowest BCUT2D eigenvalue weighted by Crippen LogP contribution is -2.42. The van der Waals surface area contributed by atoms with E-state index in [4.69, 9.17) is 0 Å². The first-order valence-electron chi connectivity index (χ1n) is 10.0. The molecule has 2 aromatic carbocycles. The van der Waals surface area contributed by atoms with Gasteiger partial charge in [-0.2, -0.15) is 0 Å². The second-order valence-electron chi connectivity index (χ2n) is 7.49. The third kappa shape index (κ3) is 5.84. The van der Waals surface area contributed by atoms with Gasteiger partial charge in [-0.3, -0.25) is 4.79 Å². The topological polar surface area (TPSA) is 61.4 Å². The van der Waals surface area contributed by atoms with Crippen LogP contribution in [0, 0.1) is 12.8 Å². The van der Waals surface area contributed by atoms with Crippen molar-refractivity contribution in [3.63, 3.8) is 0 Å². The number of likely N-dealkylation sites (tertiary alicyclic amines) is 1. The third-order valence-corrected chi connectivity index (χ3v) is 5.35. The van der Waals surface area contributed by atoms with Gasteiger partial charge in [0, 0.05) is 31.7 Å². The summed E-state index contributed by atoms with van der Waals surface area (Å²) < 4.78 is 0. The number of benzene rings is 2. The molecule has 1 aliphatic rings. The molecule has 0 saturated carbocycles. The van der Waals surface area contributed by atoms with Gasteiger partial charge in [0.05, 0.1) is 0 Å². The van der Waals surface area contributed by atoms with E-state index in [1.807, 2.05) is 53.4 Å². The minimum absolute atomic E-state index is 0.0556. The van der Waals surface area contributed by atoms with Gasteiger partial charge in [0.25, 0.3) is 0 Å². The summed E-state index contributed by atoms with van der Waals surface area (Å²) in [6.45, 7) is 4.11. The molecule has 0 spiro atoms. The maximum atomic E-state index is 12.5. The van der Waals surface area contributed by atoms with Crippen molar-refractivity contribution in [2.75, 3.05) is 18.4 Å². The lowest BCUT2D eigenvalue weighted by Gasteiger charge is -2.32. The van der Waals surface area contributed by atoms with Gasteiger partial charge in [-0.05, 0) is 55.4 Å². The molecule has 1 aliphatic heterocycles. The number of urea groups is 1. The molecule has 1 saturated heterocycles. The average molecular weight is 380 g/mol. The number of nitrogens with one attached hydrogen (secondary N) is 2. The molecule has 148 valence electrons. The normalized spacial score (nSPS) is 16.5. The number of nitrogens with zero attached hydrogens (tertiary/aromatic N) is 1. The number of piperidine rings is 1. The van der Waals surface area contributed by atoms with Gasteiger partial charge in [-0.25, -0.2) is 4.79 Å². The SMILES string of the molecule is Cc1ccccc1CNC(=O)CCC1CCCN(C(=O)Nc2ccccc2)C1. The van der Waals surface area contributed by atoms with Crippen LogP contribution in [0.4, 0.5) is 10.5 Å². The van der Waals surface area contributed by atoms with E-state index in [0.717, 1.165) is 37.1 Å². The number of amides is 3. The number of anilines is 1. The first-order chi connectivity index (χ1) is 13.6. The number of carbonyl (C=O) groups excluding carboxylic acids is 2. The van der Waals surface area contributed by atoms with Crippen molar-refractivity contribution in [3.8, 4) is 0 Å². The zero-order chi connectivity index (χ0) is 19.8. The van der Waals surface area contributed by atoms with E-state index in [9.17, 15) is 9.59 Å². The molecule has 2 N–H and O–H groups in total. The quantitative estimate of drug-likeness (QED) is 0.784. The van der Waals surface area contributed by atoms with E-state index >= 15 is 0 Å². The van der Waals surface area contributed by atoms with E-state index in [2.05, 4.69) is 23.6 Å². The Bertz CT molecular complexity index is 791. The first kappa shape index (κ1) is 19.9. The van der Waals surface area contributed by atoms with E-state index < -0.39 is 0 Å². The van der Waals surface area contributed by atoms with Crippen LogP contribution in [0.1, 0.15) is 36.8 Å². The summed E-state index contributed by atoms with van der Waals surface area (Å²) in [7, 11) is 0. The number of carbonyl (C=O) groups is 2. The van der Waals surface area contributed by atoms with Crippen LogP contribution in [-0.2, 0) is 11.3 Å². The van der Waals surface area contributed by atoms with Crippen molar-refractivity contribution >= 4 is 17.6 Å². The Hall–Kier alpha value is -2.82. The van der Waals surface area contributed by atoms with Gasteiger partial charge < -0.3 is 15.5 Å². The molecule has 0 radical (unpaired) electrons. The van der Waals surface area contributed by atoms with Crippen molar-refractivity contribution in [2.24, 2.45) is 5.92 Å². The molecule has 0 aromatic heterocycles. The number of aryl methyl sites for hydroxylation is 1. The highest BCUT2D eigenvalue weighted by atomic mass is 16.2. The fraction of sp³-hybridized carbons (Fsp3) is 0.391. The van der Waals surface area contributed by atoms with Crippen molar-refractivity contribution < 1.29 is 9.59 Å². The average Bonchev–Trinajstić information content (AvgIpc) is 2.72. The second kappa shape index (κ2) is 9.93. The fourth-order valence-electron chi connectivity index (χ4n) is 3.64. The van der Waals surface area contributed by atoms with E-state index in [1.165, 1.54) is 5.56 Å². The minimum atomic E-state index is -0.0556. The summed E-state index contributed by atoms with van der Waals surface area (Å²) in [6.07, 6.45) is 3.37. The molecule has 5 heteroatoms. The Labute approximate surface area is 167 Å². The van der Waals surface area contributed by atoms with Gasteiger partial charge >= 0.3 is 6.03 Å². The van der Waals surface area contributed by atoms with Crippen LogP contribution >= 0.6 is 0 Å². The van der Waals surface area contributed by atoms with Gasteiger partial charge in [-0.1, -0.05) is 42.5 Å². The predicted octanol–water partition coefficient (Wildman–Crippen LogP) is 4.34. The Balaban J connectivity index is 1.41. The first-order valence-corrected chi connectivity index (χ1v) is 10.0. The van der Waals surface area contributed by atoms with Crippen molar-refractivity contribution in [1.29, 1.82) is 0 Å². The molecule has 2 aromatic rings. The molecule has 1 fully saturated rings. The Morgan fingerprint density at radius 3 is 2.61 bits per heavy atom. The number of hydrogen-bond acceptors (Lipinski definition) is 2. The Morgan fingerprint density at radius 2 is 1.82 bits per heavy atom. The van der Waals surface area contributed by atoms with Crippen LogP contribution in [0.5, 0.6) is 0 Å². The van der Waals surface area contributed by atoms with Crippen LogP contribution < -0.4 is 10.6 Å². The zero-order valence-electron chi connectivity index (χ0n) is 16.5. The van der Waals surface area contributed by atoms with Crippen molar-refractivity contribution in [3.05, 3.63) is 65.7 Å². The van der Waals surface area contributed by atoms with Crippen molar-refractivity contribution in [2.45, 2.75) is 39.2 Å². The summed E-state index contributed by atoms with van der Waals surface area (Å²) in [6, 6.07) is 17.6. The maximum Gasteiger partial charge on any atom is 0.321 e. The molecule has 1 atom stereocenters. The standard InChI is InChI=1S/C23H29N3O2/c1-18-8-5-6-10-20(18)16-24-22(27)14-13-19-9-7-15-26(17-19)23(28)25-21-11-3-2-4-12-21/h2-6,8,10-12,19H,7,9,13-17H2,1H3,(H,24,27)(H,25,28). The van der Waals surface area contributed by atoms with Crippen molar-refractivity contribution in [1.82, 2.24) is 10.2 Å². The number of rotatable bonds is 6. The number of para-hydroxylation sites is 1. The highest BCUT2D eigenvalue weighted by molar-refractivity contribution is 5.89. The molecule has 3 amide bonds. The molecule has 5 nitrogen and oxygen atoms in total. The van der Waals surface area contributed by atoms with Crippen LogP contribution in [0.3, 0.4) is 0 Å². The van der Waals surface area contributed by atoms with E-state index in [0.29, 0.717) is 25.4 Å². The van der Waals surface area contributed by atoms with Crippen LogP contribution in [-0.4, -0.2) is 29.9 Å². The third-order valence-electron chi connectivity index (χ3n) is 5.35. The Morgan fingerprint density at radius 1 is 1.07 bits per heavy atom. The molecule has 3 rings (SSSR count). The predicted molar refractivity (Wildman–Crippen MR) is 112 cm³/mol. The largest absolute Gasteiger partial charge is 0.352 e. The minimum Gasteiger partial charge on any atom is -0.352 e. The molecule has 1 unspecified atom stereocenters. The summed E-state index contributed by atoms with van der Waals surface area (Å²) in [4.78, 5) is 26.6. The van der Waals surface area contributed by atoms with Gasteiger partial charge in [-0.15, -0.1) is 0 Å². The van der Waals surface area contributed by atoms with E-state index in [1.54, 1.807) is 0 Å². The summed E-state index contributed by atoms with van der Waals surface area (Å²) in [5.41, 5.74) is 3.15. The molecular formula is C23H29N3O2. The van der Waals surface area contributed by atoms with Gasteiger partial charge in [0.15, 0.2) is 0 Å². The molecule has 0 aliphatic carbocycles. The second-order valence-corrected chi connectivity index (χ2v) is 7.49. The maximum absolute atomic E-state index is 12.5. The van der Waals surface area contributed by atoms with Crippen LogP contribution in [0.25, 0.3) is 0 Å². The van der Waals surface area contributed by atoms with E-state index in [-0.39, 0.29) is 11.9 Å². The summed E-state index contributed by atoms with van der Waals surface area (Å²) >= 11 is 0. The highest BCUT2D eigenvalue weighted by Gasteiger charge is 2.24.